The molecular weight excluding hydrogens is 208 g/mol. The molecule has 14 heavy (non-hydrogen) atoms. The summed E-state index contributed by atoms with van der Waals surface area (Å²) in [5.41, 5.74) is -0.685. The molecule has 0 aromatic heterocycles. The highest BCUT2D eigenvalue weighted by Crippen LogP contribution is 2.19. The standard InChI is InChI=1S/C7H16N2O4S/c1-7(2,3)5(6(10)11)9-14(12,13)8-4/h5,8-9H,1-4H3,(H,10,11). The maximum atomic E-state index is 11.1. The third-order valence-corrected chi connectivity index (χ3v) is 2.74. The lowest BCUT2D eigenvalue weighted by atomic mass is 9.88. The first kappa shape index (κ1) is 13.3. The summed E-state index contributed by atoms with van der Waals surface area (Å²) in [6.45, 7) is 4.93. The Bertz CT molecular complexity index is 304. The Kier molecular flexibility index (Phi) is 4.04. The first-order chi connectivity index (χ1) is 6.10. The molecule has 7 heteroatoms. The molecule has 6 nitrogen and oxygen atoms in total. The first-order valence-electron chi connectivity index (χ1n) is 4.04. The van der Waals surface area contributed by atoms with Crippen molar-refractivity contribution in [1.29, 1.82) is 0 Å². The summed E-state index contributed by atoms with van der Waals surface area (Å²) >= 11 is 0. The lowest BCUT2D eigenvalue weighted by Gasteiger charge is -2.27. The highest BCUT2D eigenvalue weighted by Gasteiger charge is 2.34. The van der Waals surface area contributed by atoms with Gasteiger partial charge in [0.15, 0.2) is 0 Å². The Morgan fingerprint density at radius 2 is 1.79 bits per heavy atom. The second-order valence-corrected chi connectivity index (χ2v) is 5.61. The zero-order valence-corrected chi connectivity index (χ0v) is 9.47. The molecule has 3 N–H and O–H groups in total. The minimum absolute atomic E-state index is 0.685. The van der Waals surface area contributed by atoms with Gasteiger partial charge in [0.1, 0.15) is 6.04 Å². The molecule has 0 saturated carbocycles. The van der Waals surface area contributed by atoms with Crippen LogP contribution in [0.5, 0.6) is 0 Å². The Balaban J connectivity index is 4.83. The zero-order valence-electron chi connectivity index (χ0n) is 8.66. The molecule has 84 valence electrons. The van der Waals surface area contributed by atoms with E-state index in [2.05, 4.69) is 0 Å². The molecule has 0 bridgehead atoms. The average molecular weight is 224 g/mol. The summed E-state index contributed by atoms with van der Waals surface area (Å²) in [4.78, 5) is 10.8. The van der Waals surface area contributed by atoms with Crippen LogP contribution in [0.15, 0.2) is 0 Å². The van der Waals surface area contributed by atoms with Crippen LogP contribution in [0, 0.1) is 5.41 Å². The molecule has 0 aliphatic carbocycles. The maximum Gasteiger partial charge on any atom is 0.322 e. The van der Waals surface area contributed by atoms with Crippen molar-refractivity contribution in [2.45, 2.75) is 26.8 Å². The third kappa shape index (κ3) is 4.03. The predicted octanol–water partition coefficient (Wildman–Crippen LogP) is -0.461. The van der Waals surface area contributed by atoms with Gasteiger partial charge in [-0.15, -0.1) is 0 Å². The van der Waals surface area contributed by atoms with Crippen LogP contribution in [0.4, 0.5) is 0 Å². The van der Waals surface area contributed by atoms with E-state index in [9.17, 15) is 13.2 Å². The number of hydrogen-bond donors (Lipinski definition) is 3. The van der Waals surface area contributed by atoms with E-state index in [1.54, 1.807) is 20.8 Å². The Morgan fingerprint density at radius 1 is 1.36 bits per heavy atom. The number of aliphatic carboxylic acids is 1. The summed E-state index contributed by atoms with van der Waals surface area (Å²) in [5, 5.41) is 8.81. The topological polar surface area (TPSA) is 95.5 Å². The fourth-order valence-electron chi connectivity index (χ4n) is 0.812. The van der Waals surface area contributed by atoms with Gasteiger partial charge in [0.2, 0.25) is 0 Å². The highest BCUT2D eigenvalue weighted by atomic mass is 32.2. The molecule has 0 heterocycles. The van der Waals surface area contributed by atoms with Crippen LogP contribution in [0.2, 0.25) is 0 Å². The van der Waals surface area contributed by atoms with E-state index < -0.39 is 27.6 Å². The number of nitrogens with one attached hydrogen (secondary N) is 2. The normalized spacial score (nSPS) is 15.1. The molecule has 1 atom stereocenters. The van der Waals surface area contributed by atoms with E-state index in [4.69, 9.17) is 5.11 Å². The second kappa shape index (κ2) is 4.24. The summed E-state index contributed by atoms with van der Waals surface area (Å²) in [7, 11) is -2.52. The first-order valence-corrected chi connectivity index (χ1v) is 5.52. The highest BCUT2D eigenvalue weighted by molar-refractivity contribution is 7.87. The van der Waals surface area contributed by atoms with Crippen LogP contribution in [-0.2, 0) is 15.0 Å². The molecule has 0 fully saturated rings. The van der Waals surface area contributed by atoms with Gasteiger partial charge in [0.25, 0.3) is 10.2 Å². The molecule has 0 saturated heterocycles. The maximum absolute atomic E-state index is 11.1. The number of rotatable bonds is 4. The van der Waals surface area contributed by atoms with Crippen LogP contribution in [-0.4, -0.2) is 32.6 Å². The minimum atomic E-state index is -3.73. The summed E-state index contributed by atoms with van der Waals surface area (Å²) in [6.07, 6.45) is 0. The quantitative estimate of drug-likeness (QED) is 0.602. The largest absolute Gasteiger partial charge is 0.480 e. The SMILES string of the molecule is CNS(=O)(=O)NC(C(=O)O)C(C)(C)C. The smallest absolute Gasteiger partial charge is 0.322 e. The molecule has 0 aliphatic heterocycles. The van der Waals surface area contributed by atoms with Gasteiger partial charge >= 0.3 is 5.97 Å². The van der Waals surface area contributed by atoms with E-state index in [0.717, 1.165) is 0 Å². The fraction of sp³-hybridized carbons (Fsp3) is 0.857. The fourth-order valence-corrected chi connectivity index (χ4v) is 1.69. The van der Waals surface area contributed by atoms with Crippen LogP contribution in [0.1, 0.15) is 20.8 Å². The van der Waals surface area contributed by atoms with E-state index in [1.165, 1.54) is 7.05 Å². The van der Waals surface area contributed by atoms with Gasteiger partial charge in [0.05, 0.1) is 0 Å². The summed E-state index contributed by atoms with van der Waals surface area (Å²) in [6, 6.07) is -1.15. The Hall–Kier alpha value is -0.660. The average Bonchev–Trinajstić information content (AvgIpc) is 1.98. The van der Waals surface area contributed by atoms with Crippen molar-refractivity contribution in [2.75, 3.05) is 7.05 Å². The minimum Gasteiger partial charge on any atom is -0.480 e. The van der Waals surface area contributed by atoms with Crippen LogP contribution >= 0.6 is 0 Å². The lowest BCUT2D eigenvalue weighted by molar-refractivity contribution is -0.141. The van der Waals surface area contributed by atoms with Crippen molar-refractivity contribution in [2.24, 2.45) is 5.41 Å². The Labute approximate surface area is 83.9 Å². The van der Waals surface area contributed by atoms with Crippen molar-refractivity contribution in [3.05, 3.63) is 0 Å². The molecule has 0 radical (unpaired) electrons. The van der Waals surface area contributed by atoms with E-state index in [0.29, 0.717) is 0 Å². The summed E-state index contributed by atoms with van der Waals surface area (Å²) < 4.78 is 26.2. The molecular formula is C7H16N2O4S. The molecule has 1 unspecified atom stereocenters. The van der Waals surface area contributed by atoms with Crippen molar-refractivity contribution in [1.82, 2.24) is 9.44 Å². The van der Waals surface area contributed by atoms with Crippen LogP contribution in [0.25, 0.3) is 0 Å². The van der Waals surface area contributed by atoms with Crippen molar-refractivity contribution >= 4 is 16.2 Å². The summed E-state index contributed by atoms with van der Waals surface area (Å²) in [5.74, 6) is -1.20. The molecule has 0 rings (SSSR count). The molecule has 0 aliphatic rings. The van der Waals surface area contributed by atoms with E-state index >= 15 is 0 Å². The molecule has 0 aromatic carbocycles. The monoisotopic (exact) mass is 224 g/mol. The number of carbonyl (C=O) groups is 1. The van der Waals surface area contributed by atoms with Gasteiger partial charge in [0, 0.05) is 7.05 Å². The van der Waals surface area contributed by atoms with Gasteiger partial charge in [-0.2, -0.15) is 13.1 Å². The Morgan fingerprint density at radius 3 is 2.00 bits per heavy atom. The predicted molar refractivity (Wildman–Crippen MR) is 52.0 cm³/mol. The van der Waals surface area contributed by atoms with Gasteiger partial charge in [-0.05, 0) is 5.41 Å². The molecule has 0 spiro atoms. The second-order valence-electron chi connectivity index (χ2n) is 3.96. The molecule has 0 amide bonds. The van der Waals surface area contributed by atoms with Crippen LogP contribution < -0.4 is 9.44 Å². The van der Waals surface area contributed by atoms with Crippen LogP contribution in [0.3, 0.4) is 0 Å². The van der Waals surface area contributed by atoms with E-state index in [1.807, 2.05) is 9.44 Å². The van der Waals surface area contributed by atoms with Gasteiger partial charge < -0.3 is 5.11 Å². The number of carboxylic acid groups (broad SMARTS) is 1. The van der Waals surface area contributed by atoms with Gasteiger partial charge in [-0.3, -0.25) is 4.79 Å². The van der Waals surface area contributed by atoms with E-state index in [-0.39, 0.29) is 0 Å². The molecule has 0 aromatic rings. The number of hydrogen-bond acceptors (Lipinski definition) is 3. The van der Waals surface area contributed by atoms with Crippen molar-refractivity contribution in [3.8, 4) is 0 Å². The zero-order chi connectivity index (χ0) is 11.6. The third-order valence-electron chi connectivity index (χ3n) is 1.65. The van der Waals surface area contributed by atoms with Gasteiger partial charge in [-0.1, -0.05) is 20.8 Å². The lowest BCUT2D eigenvalue weighted by Crippen LogP contribution is -2.51. The van der Waals surface area contributed by atoms with Crippen molar-refractivity contribution < 1.29 is 18.3 Å². The number of carboxylic acids is 1. The van der Waals surface area contributed by atoms with Crippen molar-refractivity contribution in [3.63, 3.8) is 0 Å². The van der Waals surface area contributed by atoms with Gasteiger partial charge in [-0.25, -0.2) is 4.72 Å².